The van der Waals surface area contributed by atoms with Crippen molar-refractivity contribution >= 4 is 29.5 Å². The van der Waals surface area contributed by atoms with Crippen LogP contribution in [0.2, 0.25) is 5.02 Å². The lowest BCUT2D eigenvalue weighted by Crippen LogP contribution is -2.40. The van der Waals surface area contributed by atoms with E-state index in [9.17, 15) is 9.59 Å². The molecule has 2 rings (SSSR count). The van der Waals surface area contributed by atoms with E-state index in [-0.39, 0.29) is 12.5 Å². The maximum Gasteiger partial charge on any atom is 0.242 e. The zero-order chi connectivity index (χ0) is 11.5. The minimum atomic E-state index is -0.0101. The van der Waals surface area contributed by atoms with E-state index in [0.717, 1.165) is 6.29 Å². The van der Waals surface area contributed by atoms with Crippen molar-refractivity contribution in [3.63, 3.8) is 0 Å². The summed E-state index contributed by atoms with van der Waals surface area (Å²) in [5.74, 6) is -0.0101. The van der Waals surface area contributed by atoms with E-state index in [2.05, 4.69) is 0 Å². The normalized spacial score (nSPS) is 16.8. The van der Waals surface area contributed by atoms with Gasteiger partial charge in [0.1, 0.15) is 6.29 Å². The number of amides is 1. The molecular weight excluding hydrogens is 228 g/mol. The standard InChI is InChI=1S/C11H11ClN2O2/c12-9-2-1-3-10(8-9)14-11(16)4-5-13(14)6-7-15/h1-3,7-8H,4-6H2. The first-order valence-electron chi connectivity index (χ1n) is 4.99. The van der Waals surface area contributed by atoms with E-state index in [0.29, 0.717) is 23.7 Å². The van der Waals surface area contributed by atoms with Gasteiger partial charge in [-0.05, 0) is 18.2 Å². The molecule has 0 aliphatic carbocycles. The van der Waals surface area contributed by atoms with Crippen molar-refractivity contribution in [1.82, 2.24) is 5.01 Å². The third-order valence-corrected chi connectivity index (χ3v) is 2.68. The SMILES string of the molecule is O=CCN1CCC(=O)N1c1cccc(Cl)c1. The summed E-state index contributed by atoms with van der Waals surface area (Å²) in [4.78, 5) is 22.2. The largest absolute Gasteiger partial charge is 0.302 e. The minimum Gasteiger partial charge on any atom is -0.302 e. The number of hydrazine groups is 1. The van der Waals surface area contributed by atoms with Crippen LogP contribution in [0.1, 0.15) is 6.42 Å². The quantitative estimate of drug-likeness (QED) is 0.750. The van der Waals surface area contributed by atoms with Gasteiger partial charge in [-0.2, -0.15) is 0 Å². The fourth-order valence-electron chi connectivity index (χ4n) is 1.76. The number of carbonyl (C=O) groups is 2. The van der Waals surface area contributed by atoms with E-state index >= 15 is 0 Å². The first-order chi connectivity index (χ1) is 7.72. The molecule has 0 spiro atoms. The Morgan fingerprint density at radius 2 is 2.25 bits per heavy atom. The van der Waals surface area contributed by atoms with Gasteiger partial charge in [0.15, 0.2) is 0 Å². The van der Waals surface area contributed by atoms with Crippen molar-refractivity contribution < 1.29 is 9.59 Å². The molecule has 1 aromatic rings. The Hall–Kier alpha value is -1.39. The van der Waals surface area contributed by atoms with Crippen LogP contribution < -0.4 is 5.01 Å². The Morgan fingerprint density at radius 3 is 2.94 bits per heavy atom. The molecule has 4 nitrogen and oxygen atoms in total. The summed E-state index contributed by atoms with van der Waals surface area (Å²) in [6.07, 6.45) is 1.22. The van der Waals surface area contributed by atoms with Crippen LogP contribution in [0, 0.1) is 0 Å². The second-order valence-corrected chi connectivity index (χ2v) is 3.95. The topological polar surface area (TPSA) is 40.6 Å². The summed E-state index contributed by atoms with van der Waals surface area (Å²) in [7, 11) is 0. The van der Waals surface area contributed by atoms with Gasteiger partial charge in [-0.1, -0.05) is 17.7 Å². The van der Waals surface area contributed by atoms with Gasteiger partial charge in [0.05, 0.1) is 12.2 Å². The van der Waals surface area contributed by atoms with Gasteiger partial charge in [0.25, 0.3) is 0 Å². The number of benzene rings is 1. The third kappa shape index (κ3) is 2.08. The highest BCUT2D eigenvalue weighted by Crippen LogP contribution is 2.24. The summed E-state index contributed by atoms with van der Waals surface area (Å²) >= 11 is 5.87. The molecular formula is C11H11ClN2O2. The molecule has 1 fully saturated rings. The number of hydrogen-bond acceptors (Lipinski definition) is 3. The Labute approximate surface area is 98.4 Å². The predicted octanol–water partition coefficient (Wildman–Crippen LogP) is 1.49. The highest BCUT2D eigenvalue weighted by Gasteiger charge is 2.29. The van der Waals surface area contributed by atoms with Crippen LogP contribution in [0.15, 0.2) is 24.3 Å². The molecule has 1 aliphatic heterocycles. The van der Waals surface area contributed by atoms with Gasteiger partial charge in [-0.15, -0.1) is 0 Å². The lowest BCUT2D eigenvalue weighted by Gasteiger charge is -2.26. The summed E-state index contributed by atoms with van der Waals surface area (Å²) in [6, 6.07) is 7.04. The van der Waals surface area contributed by atoms with Gasteiger partial charge in [-0.25, -0.2) is 10.0 Å². The van der Waals surface area contributed by atoms with Crippen LogP contribution in [0.3, 0.4) is 0 Å². The van der Waals surface area contributed by atoms with Crippen molar-refractivity contribution in [3.05, 3.63) is 29.3 Å². The average Bonchev–Trinajstić information content (AvgIpc) is 2.60. The molecule has 1 aromatic carbocycles. The molecule has 16 heavy (non-hydrogen) atoms. The first-order valence-corrected chi connectivity index (χ1v) is 5.37. The Bertz CT molecular complexity index is 422. The van der Waals surface area contributed by atoms with E-state index in [1.807, 2.05) is 0 Å². The molecule has 84 valence electrons. The molecule has 0 bridgehead atoms. The van der Waals surface area contributed by atoms with Crippen molar-refractivity contribution in [1.29, 1.82) is 0 Å². The second-order valence-electron chi connectivity index (χ2n) is 3.51. The van der Waals surface area contributed by atoms with Crippen molar-refractivity contribution in [2.75, 3.05) is 18.1 Å². The van der Waals surface area contributed by atoms with Crippen LogP contribution in [-0.4, -0.2) is 30.3 Å². The zero-order valence-electron chi connectivity index (χ0n) is 8.60. The van der Waals surface area contributed by atoms with Crippen molar-refractivity contribution in [2.24, 2.45) is 0 Å². The molecule has 1 saturated heterocycles. The third-order valence-electron chi connectivity index (χ3n) is 2.44. The number of rotatable bonds is 3. The molecule has 0 atom stereocenters. The molecule has 1 aliphatic rings. The van der Waals surface area contributed by atoms with E-state index in [4.69, 9.17) is 11.6 Å². The molecule has 0 unspecified atom stereocenters. The highest BCUT2D eigenvalue weighted by atomic mass is 35.5. The number of nitrogens with zero attached hydrogens (tertiary/aromatic N) is 2. The van der Waals surface area contributed by atoms with Crippen molar-refractivity contribution in [2.45, 2.75) is 6.42 Å². The fraction of sp³-hybridized carbons (Fsp3) is 0.273. The van der Waals surface area contributed by atoms with Gasteiger partial charge < -0.3 is 4.79 Å². The Balaban J connectivity index is 2.29. The zero-order valence-corrected chi connectivity index (χ0v) is 9.35. The molecule has 0 aromatic heterocycles. The number of halogens is 1. The van der Waals surface area contributed by atoms with E-state index in [1.54, 1.807) is 29.3 Å². The number of carbonyl (C=O) groups excluding carboxylic acids is 2. The summed E-state index contributed by atoms with van der Waals surface area (Å²) in [5.41, 5.74) is 0.705. The van der Waals surface area contributed by atoms with Gasteiger partial charge in [-0.3, -0.25) is 4.79 Å². The highest BCUT2D eigenvalue weighted by molar-refractivity contribution is 6.30. The summed E-state index contributed by atoms with van der Waals surface area (Å²) in [6.45, 7) is 0.794. The second kappa shape index (κ2) is 4.63. The molecule has 0 saturated carbocycles. The summed E-state index contributed by atoms with van der Waals surface area (Å²) in [5, 5.41) is 3.80. The monoisotopic (exact) mass is 238 g/mol. The maximum atomic E-state index is 11.7. The fourth-order valence-corrected chi connectivity index (χ4v) is 1.95. The first kappa shape index (κ1) is 11.1. The molecule has 5 heteroatoms. The van der Waals surface area contributed by atoms with E-state index in [1.165, 1.54) is 5.01 Å². The van der Waals surface area contributed by atoms with Crippen LogP contribution in [-0.2, 0) is 9.59 Å². The lowest BCUT2D eigenvalue weighted by atomic mass is 10.3. The van der Waals surface area contributed by atoms with Crippen LogP contribution in [0.4, 0.5) is 5.69 Å². The Kier molecular flexibility index (Phi) is 3.22. The average molecular weight is 239 g/mol. The van der Waals surface area contributed by atoms with Gasteiger partial charge in [0, 0.05) is 18.0 Å². The number of anilines is 1. The van der Waals surface area contributed by atoms with Crippen LogP contribution in [0.5, 0.6) is 0 Å². The van der Waals surface area contributed by atoms with E-state index < -0.39 is 0 Å². The minimum absolute atomic E-state index is 0.0101. The van der Waals surface area contributed by atoms with Gasteiger partial charge >= 0.3 is 0 Å². The maximum absolute atomic E-state index is 11.7. The van der Waals surface area contributed by atoms with Gasteiger partial charge in [0.2, 0.25) is 5.91 Å². The lowest BCUT2D eigenvalue weighted by molar-refractivity contribution is -0.118. The molecule has 0 N–H and O–H groups in total. The summed E-state index contributed by atoms with van der Waals surface area (Å²) < 4.78 is 0. The molecule has 1 heterocycles. The molecule has 0 radical (unpaired) electrons. The number of aldehydes is 1. The predicted molar refractivity (Wildman–Crippen MR) is 61.2 cm³/mol. The Morgan fingerprint density at radius 1 is 1.44 bits per heavy atom. The van der Waals surface area contributed by atoms with Crippen molar-refractivity contribution in [3.8, 4) is 0 Å². The van der Waals surface area contributed by atoms with Crippen LogP contribution in [0.25, 0.3) is 0 Å². The number of hydrogen-bond donors (Lipinski definition) is 0. The smallest absolute Gasteiger partial charge is 0.242 e. The van der Waals surface area contributed by atoms with Crippen LogP contribution >= 0.6 is 11.6 Å². The molecule has 1 amide bonds.